The van der Waals surface area contributed by atoms with Crippen LogP contribution in [0.4, 0.5) is 8.78 Å². The van der Waals surface area contributed by atoms with Crippen LogP contribution in [0, 0.1) is 11.6 Å². The maximum absolute atomic E-state index is 13.7. The van der Waals surface area contributed by atoms with Gasteiger partial charge in [0, 0.05) is 37.2 Å². The van der Waals surface area contributed by atoms with Gasteiger partial charge in [-0.1, -0.05) is 0 Å². The largest absolute Gasteiger partial charge is 0.497 e. The zero-order valence-corrected chi connectivity index (χ0v) is 16.9. The molecule has 2 aromatic carbocycles. The van der Waals surface area contributed by atoms with Crippen LogP contribution in [-0.2, 0) is 4.79 Å². The van der Waals surface area contributed by atoms with Crippen LogP contribution in [0.2, 0.25) is 0 Å². The molecule has 2 aromatic rings. The molecule has 1 aliphatic rings. The molecular weight excluding hydrogens is 394 g/mol. The molecule has 1 unspecified atom stereocenters. The molecule has 3 rings (SSSR count). The predicted molar refractivity (Wildman–Crippen MR) is 107 cm³/mol. The van der Waals surface area contributed by atoms with E-state index < -0.39 is 17.5 Å². The van der Waals surface area contributed by atoms with E-state index in [1.807, 2.05) is 12.1 Å². The second-order valence-corrected chi connectivity index (χ2v) is 6.98. The van der Waals surface area contributed by atoms with E-state index in [0.717, 1.165) is 30.5 Å². The van der Waals surface area contributed by atoms with Crippen LogP contribution >= 0.6 is 0 Å². The van der Waals surface area contributed by atoms with Gasteiger partial charge in [0.2, 0.25) is 5.91 Å². The maximum atomic E-state index is 13.7. The Morgan fingerprint density at radius 2 is 1.93 bits per heavy atom. The van der Waals surface area contributed by atoms with Gasteiger partial charge >= 0.3 is 0 Å². The van der Waals surface area contributed by atoms with E-state index >= 15 is 0 Å². The number of amides is 2. The quantitative estimate of drug-likeness (QED) is 0.748. The van der Waals surface area contributed by atoms with Crippen LogP contribution in [0.1, 0.15) is 41.2 Å². The third-order valence-electron chi connectivity index (χ3n) is 5.17. The van der Waals surface area contributed by atoms with Gasteiger partial charge in [0.1, 0.15) is 23.1 Å². The summed E-state index contributed by atoms with van der Waals surface area (Å²) in [5.41, 5.74) is 0.646. The SMILES string of the molecule is COc1ccc(C2CCCN2C(=O)CCNC(=O)c2ccc(F)cc2F)c(OC)c1. The predicted octanol–water partition coefficient (Wildman–Crippen LogP) is 3.47. The Balaban J connectivity index is 1.62. The zero-order chi connectivity index (χ0) is 21.7. The molecule has 1 atom stereocenters. The lowest BCUT2D eigenvalue weighted by Crippen LogP contribution is -2.34. The Labute approximate surface area is 173 Å². The molecule has 160 valence electrons. The highest BCUT2D eigenvalue weighted by Gasteiger charge is 2.31. The highest BCUT2D eigenvalue weighted by Crippen LogP contribution is 2.38. The van der Waals surface area contributed by atoms with E-state index in [2.05, 4.69) is 5.32 Å². The van der Waals surface area contributed by atoms with Crippen molar-refractivity contribution in [2.24, 2.45) is 0 Å². The molecule has 0 aromatic heterocycles. The Kier molecular flexibility index (Phi) is 6.87. The number of nitrogens with zero attached hydrogens (tertiary/aromatic N) is 1. The van der Waals surface area contributed by atoms with Crippen molar-refractivity contribution in [3.05, 3.63) is 59.2 Å². The van der Waals surface area contributed by atoms with Crippen molar-refractivity contribution in [1.82, 2.24) is 10.2 Å². The first-order chi connectivity index (χ1) is 14.4. The summed E-state index contributed by atoms with van der Waals surface area (Å²) in [5, 5.41) is 2.52. The minimum Gasteiger partial charge on any atom is -0.497 e. The molecule has 1 N–H and O–H groups in total. The van der Waals surface area contributed by atoms with E-state index in [-0.39, 0.29) is 30.5 Å². The molecule has 1 heterocycles. The fourth-order valence-electron chi connectivity index (χ4n) is 3.68. The first kappa shape index (κ1) is 21.5. The summed E-state index contributed by atoms with van der Waals surface area (Å²) < 4.78 is 37.4. The molecule has 2 amide bonds. The summed E-state index contributed by atoms with van der Waals surface area (Å²) in [7, 11) is 3.15. The van der Waals surface area contributed by atoms with Crippen LogP contribution in [0.15, 0.2) is 36.4 Å². The van der Waals surface area contributed by atoms with E-state index in [9.17, 15) is 18.4 Å². The van der Waals surface area contributed by atoms with E-state index in [1.165, 1.54) is 0 Å². The third kappa shape index (κ3) is 4.69. The van der Waals surface area contributed by atoms with Crippen LogP contribution in [0.3, 0.4) is 0 Å². The van der Waals surface area contributed by atoms with E-state index in [0.29, 0.717) is 24.1 Å². The number of carbonyl (C=O) groups is 2. The molecular formula is C22H24F2N2O4. The Hall–Kier alpha value is -3.16. The lowest BCUT2D eigenvalue weighted by atomic mass is 10.0. The maximum Gasteiger partial charge on any atom is 0.254 e. The smallest absolute Gasteiger partial charge is 0.254 e. The van der Waals surface area contributed by atoms with Gasteiger partial charge in [0.15, 0.2) is 0 Å². The number of nitrogens with one attached hydrogen (secondary N) is 1. The Morgan fingerprint density at radius 1 is 1.13 bits per heavy atom. The molecule has 0 bridgehead atoms. The average Bonchev–Trinajstić information content (AvgIpc) is 3.22. The van der Waals surface area contributed by atoms with Gasteiger partial charge < -0.3 is 19.7 Å². The van der Waals surface area contributed by atoms with Crippen molar-refractivity contribution in [2.45, 2.75) is 25.3 Å². The minimum atomic E-state index is -0.940. The number of hydrogen-bond acceptors (Lipinski definition) is 4. The lowest BCUT2D eigenvalue weighted by molar-refractivity contribution is -0.132. The van der Waals surface area contributed by atoms with Crippen molar-refractivity contribution in [3.63, 3.8) is 0 Å². The highest BCUT2D eigenvalue weighted by atomic mass is 19.1. The zero-order valence-electron chi connectivity index (χ0n) is 16.9. The van der Waals surface area contributed by atoms with Gasteiger partial charge in [-0.2, -0.15) is 0 Å². The highest BCUT2D eigenvalue weighted by molar-refractivity contribution is 5.94. The number of hydrogen-bond donors (Lipinski definition) is 1. The number of ether oxygens (including phenoxy) is 2. The molecule has 1 aliphatic heterocycles. The van der Waals surface area contributed by atoms with Crippen LogP contribution in [0.25, 0.3) is 0 Å². The normalized spacial score (nSPS) is 15.7. The second-order valence-electron chi connectivity index (χ2n) is 6.98. The van der Waals surface area contributed by atoms with Crippen molar-refractivity contribution in [1.29, 1.82) is 0 Å². The van der Waals surface area contributed by atoms with Crippen molar-refractivity contribution < 1.29 is 27.8 Å². The number of likely N-dealkylation sites (tertiary alicyclic amines) is 1. The van der Waals surface area contributed by atoms with E-state index in [1.54, 1.807) is 25.2 Å². The number of carbonyl (C=O) groups excluding carboxylic acids is 2. The first-order valence-corrected chi connectivity index (χ1v) is 9.69. The number of methoxy groups -OCH3 is 2. The summed E-state index contributed by atoms with van der Waals surface area (Å²) in [6.45, 7) is 0.663. The topological polar surface area (TPSA) is 67.9 Å². The van der Waals surface area contributed by atoms with Crippen molar-refractivity contribution in [3.8, 4) is 11.5 Å². The molecule has 30 heavy (non-hydrogen) atoms. The fourth-order valence-corrected chi connectivity index (χ4v) is 3.68. The standard InChI is InChI=1S/C22H24F2N2O4/c1-29-15-6-8-17(20(13-15)30-2)19-4-3-11-26(19)21(27)9-10-25-22(28)16-7-5-14(23)12-18(16)24/h5-8,12-13,19H,3-4,9-11H2,1-2H3,(H,25,28). The second kappa shape index (κ2) is 9.56. The molecule has 0 aliphatic carbocycles. The summed E-state index contributed by atoms with van der Waals surface area (Å²) in [4.78, 5) is 26.6. The minimum absolute atomic E-state index is 0.0530. The average molecular weight is 418 g/mol. The van der Waals surface area contributed by atoms with Gasteiger partial charge in [-0.15, -0.1) is 0 Å². The molecule has 0 saturated carbocycles. The summed E-state index contributed by atoms with van der Waals surface area (Å²) in [6.07, 6.45) is 1.74. The number of benzene rings is 2. The molecule has 0 radical (unpaired) electrons. The van der Waals surface area contributed by atoms with Gasteiger partial charge in [-0.3, -0.25) is 9.59 Å². The lowest BCUT2D eigenvalue weighted by Gasteiger charge is -2.26. The third-order valence-corrected chi connectivity index (χ3v) is 5.17. The monoisotopic (exact) mass is 418 g/mol. The summed E-state index contributed by atoms with van der Waals surface area (Å²) in [6, 6.07) is 8.13. The van der Waals surface area contributed by atoms with Crippen LogP contribution < -0.4 is 14.8 Å². The summed E-state index contributed by atoms with van der Waals surface area (Å²) in [5.74, 6) is -1.18. The summed E-state index contributed by atoms with van der Waals surface area (Å²) >= 11 is 0. The van der Waals surface area contributed by atoms with Crippen LogP contribution in [0.5, 0.6) is 11.5 Å². The fraction of sp³-hybridized carbons (Fsp3) is 0.364. The molecule has 0 spiro atoms. The van der Waals surface area contributed by atoms with Gasteiger partial charge in [0.25, 0.3) is 5.91 Å². The molecule has 1 fully saturated rings. The van der Waals surface area contributed by atoms with Crippen molar-refractivity contribution in [2.75, 3.05) is 27.3 Å². The molecule has 8 heteroatoms. The van der Waals surface area contributed by atoms with Gasteiger partial charge in [0.05, 0.1) is 25.8 Å². The number of halogens is 2. The number of rotatable bonds is 7. The molecule has 6 nitrogen and oxygen atoms in total. The van der Waals surface area contributed by atoms with Gasteiger partial charge in [-0.05, 0) is 37.1 Å². The first-order valence-electron chi connectivity index (χ1n) is 9.69. The molecule has 1 saturated heterocycles. The Morgan fingerprint density at radius 3 is 2.63 bits per heavy atom. The van der Waals surface area contributed by atoms with E-state index in [4.69, 9.17) is 9.47 Å². The van der Waals surface area contributed by atoms with Crippen molar-refractivity contribution >= 4 is 11.8 Å². The van der Waals surface area contributed by atoms with Gasteiger partial charge in [-0.25, -0.2) is 8.78 Å². The van der Waals surface area contributed by atoms with Crippen LogP contribution in [-0.4, -0.2) is 44.0 Å². The Bertz CT molecular complexity index is 935.